The molecule has 8 nitrogen and oxygen atoms in total. The number of likely N-dealkylation sites (N-methyl/N-ethyl adjacent to an activating group) is 1. The van der Waals surface area contributed by atoms with Crippen LogP contribution in [0.5, 0.6) is 0 Å². The maximum atomic E-state index is 11.8. The molecule has 2 amide bonds. The second kappa shape index (κ2) is 4.87. The standard InChI is InChI=1S/C12H14N4O4/c1-6-4-7(2)13-11(10(6)16(19)20)14-8-5-9(17)15(3)12(8)18/h4,8H,5H2,1-3H3,(H,13,14)/t8-/m0/s1. The third-order valence-electron chi connectivity index (χ3n) is 3.19. The van der Waals surface area contributed by atoms with Crippen LogP contribution in [0.3, 0.4) is 0 Å². The molecule has 0 radical (unpaired) electrons. The van der Waals surface area contributed by atoms with Crippen LogP contribution < -0.4 is 5.32 Å². The molecule has 0 spiro atoms. The summed E-state index contributed by atoms with van der Waals surface area (Å²) >= 11 is 0. The van der Waals surface area contributed by atoms with Crippen molar-refractivity contribution in [1.82, 2.24) is 9.88 Å². The van der Waals surface area contributed by atoms with Crippen LogP contribution in [0.4, 0.5) is 11.5 Å². The van der Waals surface area contributed by atoms with Crippen molar-refractivity contribution in [3.05, 3.63) is 27.4 Å². The lowest BCUT2D eigenvalue weighted by atomic mass is 10.2. The zero-order chi connectivity index (χ0) is 15.0. The number of likely N-dealkylation sites (tertiary alicyclic amines) is 1. The highest BCUT2D eigenvalue weighted by Gasteiger charge is 2.37. The highest BCUT2D eigenvalue weighted by Crippen LogP contribution is 2.28. The Hall–Kier alpha value is -2.51. The SMILES string of the molecule is Cc1cc(C)c([N+](=O)[O-])c(N[C@H]2CC(=O)N(C)C2=O)n1. The minimum Gasteiger partial charge on any atom is -0.352 e. The Balaban J connectivity index is 2.37. The van der Waals surface area contributed by atoms with E-state index in [2.05, 4.69) is 10.3 Å². The van der Waals surface area contributed by atoms with Gasteiger partial charge in [-0.1, -0.05) is 0 Å². The van der Waals surface area contributed by atoms with Crippen molar-refractivity contribution >= 4 is 23.3 Å². The van der Waals surface area contributed by atoms with Gasteiger partial charge in [0.15, 0.2) is 0 Å². The summed E-state index contributed by atoms with van der Waals surface area (Å²) in [5.74, 6) is -0.710. The van der Waals surface area contributed by atoms with Gasteiger partial charge in [-0.05, 0) is 19.9 Å². The zero-order valence-corrected chi connectivity index (χ0v) is 11.3. The topological polar surface area (TPSA) is 105 Å². The summed E-state index contributed by atoms with van der Waals surface area (Å²) in [6.45, 7) is 3.31. The molecule has 0 unspecified atom stereocenters. The van der Waals surface area contributed by atoms with Crippen molar-refractivity contribution in [2.75, 3.05) is 12.4 Å². The second-order valence-electron chi connectivity index (χ2n) is 4.73. The number of nitrogens with zero attached hydrogens (tertiary/aromatic N) is 3. The summed E-state index contributed by atoms with van der Waals surface area (Å²) in [5.41, 5.74) is 0.876. The van der Waals surface area contributed by atoms with Gasteiger partial charge in [0.25, 0.3) is 5.91 Å². The number of nitro groups is 1. The number of carbonyl (C=O) groups excluding carboxylic acids is 2. The number of nitrogens with one attached hydrogen (secondary N) is 1. The smallest absolute Gasteiger partial charge is 0.314 e. The maximum Gasteiger partial charge on any atom is 0.314 e. The number of aromatic nitrogens is 1. The zero-order valence-electron chi connectivity index (χ0n) is 11.3. The summed E-state index contributed by atoms with van der Waals surface area (Å²) in [7, 11) is 1.38. The summed E-state index contributed by atoms with van der Waals surface area (Å²) in [6.07, 6.45) is -0.0266. The first kappa shape index (κ1) is 13.9. The third kappa shape index (κ3) is 2.31. The fraction of sp³-hybridized carbons (Fsp3) is 0.417. The van der Waals surface area contributed by atoms with Gasteiger partial charge in [0.05, 0.1) is 11.3 Å². The second-order valence-corrected chi connectivity index (χ2v) is 4.73. The van der Waals surface area contributed by atoms with Crippen LogP contribution >= 0.6 is 0 Å². The number of rotatable bonds is 3. The van der Waals surface area contributed by atoms with E-state index in [-0.39, 0.29) is 23.8 Å². The molecule has 106 valence electrons. The van der Waals surface area contributed by atoms with Crippen molar-refractivity contribution in [2.24, 2.45) is 0 Å². The molecule has 1 aromatic rings. The van der Waals surface area contributed by atoms with Gasteiger partial charge in [-0.2, -0.15) is 0 Å². The Kier molecular flexibility index (Phi) is 3.39. The predicted octanol–water partition coefficient (Wildman–Crippen LogP) is 0.776. The van der Waals surface area contributed by atoms with Crippen LogP contribution in [0.1, 0.15) is 17.7 Å². The van der Waals surface area contributed by atoms with E-state index in [1.165, 1.54) is 7.05 Å². The number of imide groups is 1. The molecule has 0 saturated carbocycles. The molecular weight excluding hydrogens is 264 g/mol. The number of anilines is 1. The van der Waals surface area contributed by atoms with Crippen molar-refractivity contribution in [3.63, 3.8) is 0 Å². The number of aryl methyl sites for hydroxylation is 2. The lowest BCUT2D eigenvalue weighted by molar-refractivity contribution is -0.384. The highest BCUT2D eigenvalue weighted by atomic mass is 16.6. The van der Waals surface area contributed by atoms with Crippen molar-refractivity contribution in [3.8, 4) is 0 Å². The molecule has 1 N–H and O–H groups in total. The van der Waals surface area contributed by atoms with E-state index >= 15 is 0 Å². The molecule has 0 bridgehead atoms. The van der Waals surface area contributed by atoms with Crippen LogP contribution in [-0.2, 0) is 9.59 Å². The summed E-state index contributed by atoms with van der Waals surface area (Å²) in [5, 5.41) is 13.8. The van der Waals surface area contributed by atoms with Crippen LogP contribution in [0.25, 0.3) is 0 Å². The fourth-order valence-electron chi connectivity index (χ4n) is 2.19. The largest absolute Gasteiger partial charge is 0.352 e. The van der Waals surface area contributed by atoms with Crippen molar-refractivity contribution in [1.29, 1.82) is 0 Å². The van der Waals surface area contributed by atoms with Gasteiger partial charge >= 0.3 is 5.69 Å². The predicted molar refractivity (Wildman–Crippen MR) is 70.2 cm³/mol. The first-order valence-corrected chi connectivity index (χ1v) is 6.01. The number of hydrogen-bond donors (Lipinski definition) is 1. The Morgan fingerprint density at radius 3 is 2.60 bits per heavy atom. The van der Waals surface area contributed by atoms with Gasteiger partial charge in [0.2, 0.25) is 11.7 Å². The van der Waals surface area contributed by atoms with Gasteiger partial charge < -0.3 is 5.32 Å². The summed E-state index contributed by atoms with van der Waals surface area (Å²) < 4.78 is 0. The maximum absolute atomic E-state index is 11.8. The van der Waals surface area contributed by atoms with Gasteiger partial charge in [0, 0.05) is 18.3 Å². The van der Waals surface area contributed by atoms with Gasteiger partial charge in [0.1, 0.15) is 6.04 Å². The van der Waals surface area contributed by atoms with Crippen LogP contribution in [0.2, 0.25) is 0 Å². The van der Waals surface area contributed by atoms with Crippen LogP contribution in [0.15, 0.2) is 6.07 Å². The average Bonchev–Trinajstić information content (AvgIpc) is 2.55. The lowest BCUT2D eigenvalue weighted by Gasteiger charge is -2.13. The summed E-state index contributed by atoms with van der Waals surface area (Å²) in [6, 6.07) is 0.789. The van der Waals surface area contributed by atoms with E-state index in [1.54, 1.807) is 19.9 Å². The molecule has 8 heteroatoms. The molecule has 1 atom stereocenters. The van der Waals surface area contributed by atoms with Crippen LogP contribution in [-0.4, -0.2) is 39.7 Å². The molecule has 2 rings (SSSR count). The Morgan fingerprint density at radius 2 is 2.10 bits per heavy atom. The molecule has 1 saturated heterocycles. The van der Waals surface area contributed by atoms with Gasteiger partial charge in [-0.15, -0.1) is 0 Å². The molecular formula is C12H14N4O4. The molecule has 0 aromatic carbocycles. The molecule has 1 aliphatic heterocycles. The minimum absolute atomic E-state index is 0.0222. The Bertz CT molecular complexity index is 614. The highest BCUT2D eigenvalue weighted by molar-refractivity contribution is 6.06. The first-order chi connectivity index (χ1) is 9.31. The monoisotopic (exact) mass is 278 g/mol. The normalized spacial score (nSPS) is 18.6. The van der Waals surface area contributed by atoms with Crippen molar-refractivity contribution < 1.29 is 14.5 Å². The van der Waals surface area contributed by atoms with E-state index in [1.807, 2.05) is 0 Å². The quantitative estimate of drug-likeness (QED) is 0.497. The Labute approximate surface area is 114 Å². The van der Waals surface area contributed by atoms with Crippen molar-refractivity contribution in [2.45, 2.75) is 26.3 Å². The van der Waals surface area contributed by atoms with Gasteiger partial charge in [-0.3, -0.25) is 24.6 Å². The average molecular weight is 278 g/mol. The number of carbonyl (C=O) groups is 2. The van der Waals surface area contributed by atoms with Gasteiger partial charge in [-0.25, -0.2) is 4.98 Å². The molecule has 1 aromatic heterocycles. The molecule has 1 aliphatic rings. The minimum atomic E-state index is -0.806. The third-order valence-corrected chi connectivity index (χ3v) is 3.19. The van der Waals surface area contributed by atoms with Crippen LogP contribution in [0, 0.1) is 24.0 Å². The van der Waals surface area contributed by atoms with E-state index in [9.17, 15) is 19.7 Å². The number of pyridine rings is 1. The van der Waals surface area contributed by atoms with E-state index in [0.717, 1.165) is 4.90 Å². The molecule has 20 heavy (non-hydrogen) atoms. The summed E-state index contributed by atoms with van der Waals surface area (Å²) in [4.78, 5) is 38.9. The molecule has 0 aliphatic carbocycles. The van der Waals surface area contributed by atoms with E-state index < -0.39 is 16.9 Å². The number of amides is 2. The molecule has 1 fully saturated rings. The fourth-order valence-corrected chi connectivity index (χ4v) is 2.19. The number of hydrogen-bond acceptors (Lipinski definition) is 6. The van der Waals surface area contributed by atoms with E-state index in [0.29, 0.717) is 11.3 Å². The first-order valence-electron chi connectivity index (χ1n) is 6.01. The molecule has 2 heterocycles. The lowest BCUT2D eigenvalue weighted by Crippen LogP contribution is -2.32. The van der Waals surface area contributed by atoms with E-state index in [4.69, 9.17) is 0 Å². The Morgan fingerprint density at radius 1 is 1.45 bits per heavy atom.